The molecule has 2 N–H and O–H groups in total. The van der Waals surface area contributed by atoms with Gasteiger partial charge in [0, 0.05) is 48.0 Å². The van der Waals surface area contributed by atoms with Crippen LogP contribution in [-0.2, 0) is 0 Å². The number of pyridine rings is 1. The Bertz CT molecular complexity index is 1070. The summed E-state index contributed by atoms with van der Waals surface area (Å²) in [4.78, 5) is 34.9. The molecule has 35 heavy (non-hydrogen) atoms. The van der Waals surface area contributed by atoms with E-state index in [1.165, 1.54) is 0 Å². The van der Waals surface area contributed by atoms with Crippen LogP contribution < -0.4 is 20.3 Å². The SMILES string of the molecule is COc1cccc(C(=O)NC2C[C@H]3CC[C@@H](C2)N3c2ccc(C(=O)N[C@H]3CCN(C)C3)cn2)c1C. The summed E-state index contributed by atoms with van der Waals surface area (Å²) in [5.41, 5.74) is 2.13. The molecule has 2 bridgehead atoms. The number of ether oxygens (including phenoxy) is 1. The maximum atomic E-state index is 13.0. The quantitative estimate of drug-likeness (QED) is 0.666. The Kier molecular flexibility index (Phi) is 6.65. The van der Waals surface area contributed by atoms with Crippen molar-refractivity contribution in [2.75, 3.05) is 32.1 Å². The molecule has 1 aromatic carbocycles. The summed E-state index contributed by atoms with van der Waals surface area (Å²) in [6.45, 7) is 3.83. The van der Waals surface area contributed by atoms with Gasteiger partial charge in [-0.05, 0) is 76.9 Å². The summed E-state index contributed by atoms with van der Waals surface area (Å²) >= 11 is 0. The number of rotatable bonds is 6. The van der Waals surface area contributed by atoms with Gasteiger partial charge in [0.2, 0.25) is 0 Å². The van der Waals surface area contributed by atoms with Crippen LogP contribution in [0.15, 0.2) is 36.5 Å². The van der Waals surface area contributed by atoms with Crippen molar-refractivity contribution in [3.63, 3.8) is 0 Å². The highest BCUT2D eigenvalue weighted by atomic mass is 16.5. The molecule has 1 aromatic heterocycles. The van der Waals surface area contributed by atoms with E-state index in [0.29, 0.717) is 23.2 Å². The Balaban J connectivity index is 1.21. The minimum absolute atomic E-state index is 0.0406. The van der Waals surface area contributed by atoms with Gasteiger partial charge in [0.25, 0.3) is 11.8 Å². The van der Waals surface area contributed by atoms with Gasteiger partial charge in [0.05, 0.1) is 12.7 Å². The van der Waals surface area contributed by atoms with E-state index in [1.807, 2.05) is 37.3 Å². The number of fused-ring (bicyclic) bond motifs is 2. The number of hydrogen-bond acceptors (Lipinski definition) is 6. The lowest BCUT2D eigenvalue weighted by atomic mass is 9.96. The van der Waals surface area contributed by atoms with Crippen LogP contribution in [0.5, 0.6) is 5.75 Å². The third kappa shape index (κ3) is 4.85. The first kappa shape index (κ1) is 23.6. The van der Waals surface area contributed by atoms with Crippen molar-refractivity contribution >= 4 is 17.6 Å². The number of carbonyl (C=O) groups excluding carboxylic acids is 2. The molecule has 0 spiro atoms. The molecule has 3 saturated heterocycles. The molecule has 8 heteroatoms. The minimum Gasteiger partial charge on any atom is -0.496 e. The highest BCUT2D eigenvalue weighted by Gasteiger charge is 2.42. The zero-order valence-corrected chi connectivity index (χ0v) is 20.8. The van der Waals surface area contributed by atoms with Gasteiger partial charge >= 0.3 is 0 Å². The summed E-state index contributed by atoms with van der Waals surface area (Å²) in [5.74, 6) is 1.55. The van der Waals surface area contributed by atoms with E-state index < -0.39 is 0 Å². The molecular weight excluding hydrogens is 442 g/mol. The fourth-order valence-corrected chi connectivity index (χ4v) is 6.01. The Morgan fingerprint density at radius 2 is 1.74 bits per heavy atom. The molecule has 8 nitrogen and oxygen atoms in total. The number of nitrogens with zero attached hydrogens (tertiary/aromatic N) is 3. The fraction of sp³-hybridized carbons (Fsp3) is 0.519. The van der Waals surface area contributed by atoms with Gasteiger partial charge in [-0.1, -0.05) is 6.07 Å². The fourth-order valence-electron chi connectivity index (χ4n) is 6.01. The summed E-state index contributed by atoms with van der Waals surface area (Å²) in [7, 11) is 3.70. The van der Waals surface area contributed by atoms with Crippen LogP contribution in [0.4, 0.5) is 5.82 Å². The molecule has 0 saturated carbocycles. The summed E-state index contributed by atoms with van der Waals surface area (Å²) in [6, 6.07) is 10.5. The average molecular weight is 478 g/mol. The zero-order valence-electron chi connectivity index (χ0n) is 20.8. The summed E-state index contributed by atoms with van der Waals surface area (Å²) < 4.78 is 5.37. The second kappa shape index (κ2) is 9.85. The summed E-state index contributed by atoms with van der Waals surface area (Å²) in [6.07, 6.45) is 6.65. The first-order valence-corrected chi connectivity index (χ1v) is 12.6. The molecule has 2 aromatic rings. The van der Waals surface area contributed by atoms with Crippen LogP contribution >= 0.6 is 0 Å². The van der Waals surface area contributed by atoms with Crippen molar-refractivity contribution in [2.45, 2.75) is 63.2 Å². The Morgan fingerprint density at radius 1 is 1.00 bits per heavy atom. The molecule has 0 aliphatic carbocycles. The lowest BCUT2D eigenvalue weighted by Gasteiger charge is -2.40. The number of methoxy groups -OCH3 is 1. The number of hydrogen-bond donors (Lipinski definition) is 2. The molecule has 5 rings (SSSR count). The van der Waals surface area contributed by atoms with Gasteiger partial charge in [0.1, 0.15) is 11.6 Å². The standard InChI is InChI=1S/C27H35N5O3/c1-17-23(5-4-6-24(17)35-3)27(34)30-20-13-21-8-9-22(14-20)32(21)25-10-7-18(15-28-25)26(33)29-19-11-12-31(2)16-19/h4-7,10,15,19-22H,8-9,11-14,16H2,1-3H3,(H,29,33)(H,30,34)/t19-,20?,21-,22+/m0/s1. The molecule has 186 valence electrons. The lowest BCUT2D eigenvalue weighted by molar-refractivity contribution is 0.0922. The first-order chi connectivity index (χ1) is 16.9. The van der Waals surface area contributed by atoms with Crippen LogP contribution in [0.2, 0.25) is 0 Å². The molecule has 3 fully saturated rings. The van der Waals surface area contributed by atoms with E-state index in [0.717, 1.165) is 62.3 Å². The molecule has 3 aliphatic rings. The maximum absolute atomic E-state index is 13.0. The number of likely N-dealkylation sites (N-methyl/N-ethyl adjacent to an activating group) is 1. The predicted octanol–water partition coefficient (Wildman–Crippen LogP) is 2.76. The number of nitrogens with one attached hydrogen (secondary N) is 2. The van der Waals surface area contributed by atoms with Crippen LogP contribution in [-0.4, -0.2) is 73.1 Å². The monoisotopic (exact) mass is 477 g/mol. The smallest absolute Gasteiger partial charge is 0.253 e. The van der Waals surface area contributed by atoms with E-state index in [9.17, 15) is 9.59 Å². The topological polar surface area (TPSA) is 86.8 Å². The van der Waals surface area contributed by atoms with Gasteiger partial charge in [-0.25, -0.2) is 4.98 Å². The second-order valence-electron chi connectivity index (χ2n) is 10.2. The third-order valence-electron chi connectivity index (χ3n) is 7.82. The number of aromatic nitrogens is 1. The van der Waals surface area contributed by atoms with Crippen LogP contribution in [0.25, 0.3) is 0 Å². The van der Waals surface area contributed by atoms with Gasteiger partial charge in [-0.2, -0.15) is 0 Å². The molecule has 4 atom stereocenters. The predicted molar refractivity (Wildman–Crippen MR) is 135 cm³/mol. The van der Waals surface area contributed by atoms with Gasteiger partial charge in [-0.3, -0.25) is 9.59 Å². The van der Waals surface area contributed by atoms with Crippen molar-refractivity contribution < 1.29 is 14.3 Å². The van der Waals surface area contributed by atoms with Crippen molar-refractivity contribution in [3.05, 3.63) is 53.2 Å². The van der Waals surface area contributed by atoms with Crippen molar-refractivity contribution in [1.82, 2.24) is 20.5 Å². The average Bonchev–Trinajstić information content (AvgIpc) is 3.38. The first-order valence-electron chi connectivity index (χ1n) is 12.6. The normalized spacial score (nSPS) is 26.0. The maximum Gasteiger partial charge on any atom is 0.253 e. The van der Waals surface area contributed by atoms with E-state index >= 15 is 0 Å². The van der Waals surface area contributed by atoms with Crippen LogP contribution in [0.1, 0.15) is 58.4 Å². The number of piperidine rings is 1. The lowest BCUT2D eigenvalue weighted by Crippen LogP contribution is -2.50. The zero-order chi connectivity index (χ0) is 24.5. The van der Waals surface area contributed by atoms with Gasteiger partial charge < -0.3 is 25.2 Å². The number of likely N-dealkylation sites (tertiary alicyclic amines) is 1. The Hall–Kier alpha value is -3.13. The highest BCUT2D eigenvalue weighted by Crippen LogP contribution is 2.38. The van der Waals surface area contributed by atoms with Crippen LogP contribution in [0, 0.1) is 6.92 Å². The van der Waals surface area contributed by atoms with Crippen LogP contribution in [0.3, 0.4) is 0 Å². The van der Waals surface area contributed by atoms with Gasteiger partial charge in [-0.15, -0.1) is 0 Å². The van der Waals surface area contributed by atoms with Gasteiger partial charge in [0.15, 0.2) is 0 Å². The number of anilines is 1. The van der Waals surface area contributed by atoms with E-state index in [4.69, 9.17) is 4.74 Å². The molecule has 1 unspecified atom stereocenters. The molecule has 4 heterocycles. The molecular formula is C27H35N5O3. The van der Waals surface area contributed by atoms with E-state index in [2.05, 4.69) is 32.5 Å². The van der Waals surface area contributed by atoms with Crippen molar-refractivity contribution in [2.24, 2.45) is 0 Å². The van der Waals surface area contributed by atoms with Crippen molar-refractivity contribution in [3.8, 4) is 5.75 Å². The van der Waals surface area contributed by atoms with E-state index in [1.54, 1.807) is 13.3 Å². The number of benzene rings is 1. The number of carbonyl (C=O) groups is 2. The summed E-state index contributed by atoms with van der Waals surface area (Å²) in [5, 5.41) is 6.38. The van der Waals surface area contributed by atoms with E-state index in [-0.39, 0.29) is 23.9 Å². The van der Waals surface area contributed by atoms with Crippen molar-refractivity contribution in [1.29, 1.82) is 0 Å². The highest BCUT2D eigenvalue weighted by molar-refractivity contribution is 5.96. The number of amides is 2. The molecule has 2 amide bonds. The third-order valence-corrected chi connectivity index (χ3v) is 7.82. The largest absolute Gasteiger partial charge is 0.496 e. The molecule has 3 aliphatic heterocycles. The second-order valence-corrected chi connectivity index (χ2v) is 10.2. The molecule has 0 radical (unpaired) electrons. The Labute approximate surface area is 207 Å². The Morgan fingerprint density at radius 3 is 2.37 bits per heavy atom. The minimum atomic E-state index is -0.0541.